The van der Waals surface area contributed by atoms with Crippen LogP contribution in [0.25, 0.3) is 0 Å². The maximum absolute atomic E-state index is 12.5. The number of nitrogens with one attached hydrogen (secondary N) is 1. The second kappa shape index (κ2) is 5.20. The Bertz CT molecular complexity index is 458. The topological polar surface area (TPSA) is 69.2 Å². The van der Waals surface area contributed by atoms with E-state index in [4.69, 9.17) is 5.11 Å². The first-order valence-electron chi connectivity index (χ1n) is 5.96. The number of hydrogen-bond donors (Lipinski definition) is 2. The second-order valence-corrected chi connectivity index (χ2v) is 4.46. The Morgan fingerprint density at radius 2 is 2.26 bits per heavy atom. The molecule has 2 heterocycles. The van der Waals surface area contributed by atoms with Gasteiger partial charge in [0.25, 0.3) is 0 Å². The molecule has 0 spiro atoms. The zero-order valence-electron chi connectivity index (χ0n) is 10.1. The Kier molecular flexibility index (Phi) is 3.79. The Morgan fingerprint density at radius 1 is 1.53 bits per heavy atom. The molecule has 19 heavy (non-hydrogen) atoms. The molecule has 1 saturated heterocycles. The first kappa shape index (κ1) is 13.9. The molecule has 1 amide bonds. The van der Waals surface area contributed by atoms with Crippen molar-refractivity contribution in [1.29, 1.82) is 0 Å². The van der Waals surface area contributed by atoms with Crippen LogP contribution in [0.4, 0.5) is 13.2 Å². The average Bonchev–Trinajstić information content (AvgIpc) is 2.87. The molecule has 1 aliphatic heterocycles. The van der Waals surface area contributed by atoms with Crippen LogP contribution in [0.2, 0.25) is 0 Å². The minimum atomic E-state index is -4.50. The van der Waals surface area contributed by atoms with Crippen LogP contribution in [-0.4, -0.2) is 39.3 Å². The maximum Gasteiger partial charge on any atom is 0.435 e. The highest BCUT2D eigenvalue weighted by atomic mass is 19.4. The average molecular weight is 277 g/mol. The summed E-state index contributed by atoms with van der Waals surface area (Å²) in [5.74, 6) is -0.479. The van der Waals surface area contributed by atoms with Crippen molar-refractivity contribution in [2.75, 3.05) is 13.2 Å². The molecule has 0 aromatic carbocycles. The number of likely N-dealkylation sites (tertiary alicyclic amines) is 1. The van der Waals surface area contributed by atoms with Crippen LogP contribution in [0.15, 0.2) is 6.07 Å². The van der Waals surface area contributed by atoms with Gasteiger partial charge in [-0.15, -0.1) is 0 Å². The molecule has 2 N–H and O–H groups in total. The number of piperidine rings is 1. The molecule has 0 aliphatic carbocycles. The van der Waals surface area contributed by atoms with E-state index in [-0.39, 0.29) is 5.69 Å². The van der Waals surface area contributed by atoms with E-state index in [1.165, 1.54) is 4.90 Å². The number of nitrogens with zero attached hydrogens (tertiary/aromatic N) is 2. The molecule has 8 heteroatoms. The largest absolute Gasteiger partial charge is 0.435 e. The van der Waals surface area contributed by atoms with E-state index < -0.39 is 30.4 Å². The van der Waals surface area contributed by atoms with Gasteiger partial charge in [-0.3, -0.25) is 9.89 Å². The molecule has 1 fully saturated rings. The molecular formula is C11H14F3N3O2. The zero-order chi connectivity index (χ0) is 14.0. The fourth-order valence-electron chi connectivity index (χ4n) is 2.30. The summed E-state index contributed by atoms with van der Waals surface area (Å²) in [6.45, 7) is -0.207. The van der Waals surface area contributed by atoms with Gasteiger partial charge in [-0.05, 0) is 25.3 Å². The lowest BCUT2D eigenvalue weighted by Gasteiger charge is -2.34. The fraction of sp³-hybridized carbons (Fsp3) is 0.636. The van der Waals surface area contributed by atoms with E-state index in [0.29, 0.717) is 13.0 Å². The number of carbonyl (C=O) groups is 1. The third-order valence-corrected chi connectivity index (χ3v) is 3.21. The van der Waals surface area contributed by atoms with Gasteiger partial charge in [0.1, 0.15) is 6.61 Å². The van der Waals surface area contributed by atoms with Crippen molar-refractivity contribution in [1.82, 2.24) is 15.1 Å². The highest BCUT2D eigenvalue weighted by molar-refractivity contribution is 5.77. The van der Waals surface area contributed by atoms with Crippen molar-refractivity contribution in [2.24, 2.45) is 0 Å². The summed E-state index contributed by atoms with van der Waals surface area (Å²) in [6, 6.07) is 0.449. The van der Waals surface area contributed by atoms with Crippen LogP contribution in [0.1, 0.15) is 36.7 Å². The standard InChI is InChI=1S/C11H14F3N3O2/c12-11(13,14)9-5-7(15-16-9)8-3-1-2-4-17(8)10(19)6-18/h5,8,18H,1-4,6H2,(H,15,16)/t8-/m0/s1. The Balaban J connectivity index is 2.23. The number of H-pyrrole nitrogens is 1. The van der Waals surface area contributed by atoms with Crippen molar-refractivity contribution >= 4 is 5.91 Å². The molecule has 0 bridgehead atoms. The predicted molar refractivity (Wildman–Crippen MR) is 59.0 cm³/mol. The van der Waals surface area contributed by atoms with Crippen LogP contribution in [0, 0.1) is 0 Å². The van der Waals surface area contributed by atoms with E-state index in [1.807, 2.05) is 0 Å². The van der Waals surface area contributed by atoms with Crippen molar-refractivity contribution in [3.8, 4) is 0 Å². The number of aliphatic hydroxyl groups is 1. The monoisotopic (exact) mass is 277 g/mol. The van der Waals surface area contributed by atoms with E-state index >= 15 is 0 Å². The van der Waals surface area contributed by atoms with Gasteiger partial charge in [0.05, 0.1) is 11.7 Å². The fourth-order valence-corrected chi connectivity index (χ4v) is 2.30. The number of amides is 1. The smallest absolute Gasteiger partial charge is 0.387 e. The molecule has 1 atom stereocenters. The first-order chi connectivity index (χ1) is 8.93. The molecule has 0 saturated carbocycles. The lowest BCUT2D eigenvalue weighted by atomic mass is 9.99. The summed E-state index contributed by atoms with van der Waals surface area (Å²) >= 11 is 0. The summed E-state index contributed by atoms with van der Waals surface area (Å²) in [4.78, 5) is 13.0. The van der Waals surface area contributed by atoms with Crippen molar-refractivity contribution in [2.45, 2.75) is 31.5 Å². The van der Waals surface area contributed by atoms with Crippen molar-refractivity contribution in [3.05, 3.63) is 17.5 Å². The summed E-state index contributed by atoms with van der Waals surface area (Å²) < 4.78 is 37.5. The zero-order valence-corrected chi connectivity index (χ0v) is 10.1. The SMILES string of the molecule is O=C(CO)N1CCCC[C@H]1c1cc(C(F)(F)F)n[nH]1. The van der Waals surface area contributed by atoms with Gasteiger partial charge < -0.3 is 10.0 Å². The van der Waals surface area contributed by atoms with E-state index in [0.717, 1.165) is 18.9 Å². The van der Waals surface area contributed by atoms with Crippen LogP contribution in [0.3, 0.4) is 0 Å². The minimum absolute atomic E-state index is 0.258. The molecule has 0 radical (unpaired) electrons. The quantitative estimate of drug-likeness (QED) is 0.860. The number of rotatable bonds is 2. The maximum atomic E-state index is 12.5. The number of aromatic nitrogens is 2. The van der Waals surface area contributed by atoms with Gasteiger partial charge in [-0.1, -0.05) is 0 Å². The third kappa shape index (κ3) is 2.89. The van der Waals surface area contributed by atoms with E-state index in [9.17, 15) is 18.0 Å². The normalized spacial score (nSPS) is 20.6. The number of hydrogen-bond acceptors (Lipinski definition) is 3. The molecule has 2 rings (SSSR count). The van der Waals surface area contributed by atoms with Gasteiger partial charge in [-0.2, -0.15) is 18.3 Å². The van der Waals surface area contributed by atoms with Crippen LogP contribution in [-0.2, 0) is 11.0 Å². The molecule has 0 unspecified atom stereocenters. The molecule has 1 aromatic heterocycles. The molecule has 5 nitrogen and oxygen atoms in total. The van der Waals surface area contributed by atoms with Gasteiger partial charge >= 0.3 is 6.18 Å². The summed E-state index contributed by atoms with van der Waals surface area (Å²) in [5, 5.41) is 14.5. The minimum Gasteiger partial charge on any atom is -0.387 e. The molecule has 1 aliphatic rings. The van der Waals surface area contributed by atoms with Crippen molar-refractivity contribution < 1.29 is 23.1 Å². The Hall–Kier alpha value is -1.57. The van der Waals surface area contributed by atoms with E-state index in [2.05, 4.69) is 10.2 Å². The van der Waals surface area contributed by atoms with Crippen LogP contribution < -0.4 is 0 Å². The van der Waals surface area contributed by atoms with Crippen LogP contribution in [0.5, 0.6) is 0 Å². The number of aromatic amines is 1. The van der Waals surface area contributed by atoms with Gasteiger partial charge in [0.15, 0.2) is 5.69 Å². The summed E-state index contributed by atoms with van der Waals surface area (Å²) in [7, 11) is 0. The molecule has 106 valence electrons. The van der Waals surface area contributed by atoms with Gasteiger partial charge in [-0.25, -0.2) is 0 Å². The number of alkyl halides is 3. The van der Waals surface area contributed by atoms with Crippen molar-refractivity contribution in [3.63, 3.8) is 0 Å². The molecule has 1 aromatic rings. The molecular weight excluding hydrogens is 263 g/mol. The van der Waals surface area contributed by atoms with Gasteiger partial charge in [0.2, 0.25) is 5.91 Å². The Labute approximate surface area is 107 Å². The van der Waals surface area contributed by atoms with Crippen LogP contribution >= 0.6 is 0 Å². The summed E-state index contributed by atoms with van der Waals surface area (Å²) in [5.41, 5.74) is -0.738. The number of aliphatic hydroxyl groups excluding tert-OH is 1. The third-order valence-electron chi connectivity index (χ3n) is 3.21. The first-order valence-corrected chi connectivity index (χ1v) is 5.96. The van der Waals surface area contributed by atoms with Gasteiger partial charge in [0, 0.05) is 6.54 Å². The lowest BCUT2D eigenvalue weighted by molar-refractivity contribution is -0.141. The lowest BCUT2D eigenvalue weighted by Crippen LogP contribution is -2.40. The number of carbonyl (C=O) groups excluding carboxylic acids is 1. The number of halogens is 3. The highest BCUT2D eigenvalue weighted by Gasteiger charge is 2.36. The summed E-state index contributed by atoms with van der Waals surface area (Å²) in [6.07, 6.45) is -2.34. The van der Waals surface area contributed by atoms with E-state index in [1.54, 1.807) is 0 Å². The second-order valence-electron chi connectivity index (χ2n) is 4.46. The highest BCUT2D eigenvalue weighted by Crippen LogP contribution is 2.33. The Morgan fingerprint density at radius 3 is 2.84 bits per heavy atom. The predicted octanol–water partition coefficient (Wildman–Crippen LogP) is 1.47.